The maximum Gasteiger partial charge on any atom is 0.127 e. The first kappa shape index (κ1) is 24.9. The molecule has 2 aliphatic rings. The van der Waals surface area contributed by atoms with Crippen molar-refractivity contribution in [3.05, 3.63) is 82.9 Å². The molecule has 0 amide bonds. The van der Waals surface area contributed by atoms with E-state index in [0.717, 1.165) is 50.4 Å². The molecule has 3 aromatic rings. The average Bonchev–Trinajstić information content (AvgIpc) is 2.87. The van der Waals surface area contributed by atoms with Crippen LogP contribution in [0.2, 0.25) is 0 Å². The second-order valence-electron chi connectivity index (χ2n) is 11.2. The van der Waals surface area contributed by atoms with Crippen molar-refractivity contribution < 1.29 is 9.47 Å². The van der Waals surface area contributed by atoms with E-state index in [1.807, 2.05) is 7.11 Å². The summed E-state index contributed by atoms with van der Waals surface area (Å²) in [6.07, 6.45) is 9.35. The lowest BCUT2D eigenvalue weighted by atomic mass is 9.77. The summed E-state index contributed by atoms with van der Waals surface area (Å²) in [7, 11) is 1.81. The van der Waals surface area contributed by atoms with Crippen LogP contribution in [0.4, 0.5) is 0 Å². The number of benzene rings is 3. The molecule has 5 rings (SSSR count). The summed E-state index contributed by atoms with van der Waals surface area (Å²) in [5.74, 6) is 2.38. The van der Waals surface area contributed by atoms with Crippen LogP contribution in [0.5, 0.6) is 11.5 Å². The standard InChI is InChI=1S/C33H41NO2/c1-5-6-7-10-24-20-30(35-4)32-29(22-33(2,3)36-31(32)21-24)27-15-17-34(18-16-27)23-25-13-14-26-11-8-9-12-28(26)19-25/h8-9,11-15,19-21,29H,5-7,10,16-18,22-23H2,1-4H3. The molecule has 190 valence electrons. The minimum absolute atomic E-state index is 0.187. The molecule has 36 heavy (non-hydrogen) atoms. The van der Waals surface area contributed by atoms with Gasteiger partial charge in [0.05, 0.1) is 7.11 Å². The number of aryl methyl sites for hydroxylation is 1. The highest BCUT2D eigenvalue weighted by Gasteiger charge is 2.38. The Labute approximate surface area is 217 Å². The van der Waals surface area contributed by atoms with Crippen LogP contribution in [-0.4, -0.2) is 30.7 Å². The van der Waals surface area contributed by atoms with E-state index in [0.29, 0.717) is 5.92 Å². The van der Waals surface area contributed by atoms with Gasteiger partial charge in [0, 0.05) is 31.1 Å². The van der Waals surface area contributed by atoms with E-state index >= 15 is 0 Å². The Kier molecular flexibility index (Phi) is 7.39. The smallest absolute Gasteiger partial charge is 0.127 e. The maximum absolute atomic E-state index is 6.55. The molecule has 3 aromatic carbocycles. The zero-order valence-electron chi connectivity index (χ0n) is 22.5. The van der Waals surface area contributed by atoms with Crippen LogP contribution in [-0.2, 0) is 13.0 Å². The van der Waals surface area contributed by atoms with E-state index < -0.39 is 0 Å². The Morgan fingerprint density at radius 1 is 1.00 bits per heavy atom. The van der Waals surface area contributed by atoms with E-state index in [4.69, 9.17) is 9.47 Å². The van der Waals surface area contributed by atoms with Crippen molar-refractivity contribution >= 4 is 10.8 Å². The van der Waals surface area contributed by atoms with Gasteiger partial charge in [-0.25, -0.2) is 0 Å². The number of hydrogen-bond acceptors (Lipinski definition) is 3. The highest BCUT2D eigenvalue weighted by Crippen LogP contribution is 2.50. The highest BCUT2D eigenvalue weighted by atomic mass is 16.5. The van der Waals surface area contributed by atoms with Gasteiger partial charge in [-0.1, -0.05) is 67.8 Å². The highest BCUT2D eigenvalue weighted by molar-refractivity contribution is 5.82. The van der Waals surface area contributed by atoms with Gasteiger partial charge in [0.15, 0.2) is 0 Å². The lowest BCUT2D eigenvalue weighted by molar-refractivity contribution is 0.0744. The van der Waals surface area contributed by atoms with Crippen LogP contribution >= 0.6 is 0 Å². The number of nitrogens with zero attached hydrogens (tertiary/aromatic N) is 1. The Morgan fingerprint density at radius 2 is 1.83 bits per heavy atom. The van der Waals surface area contributed by atoms with Crippen LogP contribution < -0.4 is 9.47 Å². The minimum Gasteiger partial charge on any atom is -0.496 e. The van der Waals surface area contributed by atoms with E-state index in [2.05, 4.69) is 86.3 Å². The molecule has 0 radical (unpaired) electrons. The SMILES string of the molecule is CCCCCc1cc(OC)c2c(c1)OC(C)(C)CC2C1=CCN(Cc2ccc3ccccc3c2)CC1. The van der Waals surface area contributed by atoms with Gasteiger partial charge in [0.1, 0.15) is 17.1 Å². The summed E-state index contributed by atoms with van der Waals surface area (Å²) in [6, 6.07) is 20.0. The third-order valence-electron chi connectivity index (χ3n) is 7.88. The Morgan fingerprint density at radius 3 is 2.58 bits per heavy atom. The van der Waals surface area contributed by atoms with Crippen molar-refractivity contribution in [3.8, 4) is 11.5 Å². The molecule has 0 spiro atoms. The molecular weight excluding hydrogens is 442 g/mol. The summed E-state index contributed by atoms with van der Waals surface area (Å²) in [6.45, 7) is 9.79. The van der Waals surface area contributed by atoms with Gasteiger partial charge in [-0.05, 0) is 79.6 Å². The van der Waals surface area contributed by atoms with E-state index in [9.17, 15) is 0 Å². The van der Waals surface area contributed by atoms with Crippen molar-refractivity contribution in [1.29, 1.82) is 0 Å². The molecular formula is C33H41NO2. The predicted molar refractivity (Wildman–Crippen MR) is 150 cm³/mol. The normalized spacial score (nSPS) is 19.4. The Bertz CT molecular complexity index is 1240. The number of ether oxygens (including phenoxy) is 2. The van der Waals surface area contributed by atoms with Crippen LogP contribution in [0.25, 0.3) is 10.8 Å². The lowest BCUT2D eigenvalue weighted by Crippen LogP contribution is -2.37. The zero-order chi connectivity index (χ0) is 25.1. The predicted octanol–water partition coefficient (Wildman–Crippen LogP) is 8.06. The van der Waals surface area contributed by atoms with Crippen molar-refractivity contribution in [2.45, 2.75) is 77.4 Å². The zero-order valence-corrected chi connectivity index (χ0v) is 22.5. The van der Waals surface area contributed by atoms with Gasteiger partial charge in [0.2, 0.25) is 0 Å². The first-order valence-corrected chi connectivity index (χ1v) is 13.7. The molecule has 0 N–H and O–H groups in total. The van der Waals surface area contributed by atoms with Gasteiger partial charge in [0.25, 0.3) is 0 Å². The third-order valence-corrected chi connectivity index (χ3v) is 7.88. The molecule has 2 heterocycles. The summed E-state index contributed by atoms with van der Waals surface area (Å²) in [5, 5.41) is 2.63. The Balaban J connectivity index is 1.35. The molecule has 3 heteroatoms. The second-order valence-corrected chi connectivity index (χ2v) is 11.2. The summed E-state index contributed by atoms with van der Waals surface area (Å²) < 4.78 is 12.5. The number of unbranched alkanes of at least 4 members (excludes halogenated alkanes) is 2. The molecule has 2 aliphatic heterocycles. The fourth-order valence-corrected chi connectivity index (χ4v) is 6.01. The van der Waals surface area contributed by atoms with Gasteiger partial charge in [-0.3, -0.25) is 4.90 Å². The number of rotatable bonds is 8. The van der Waals surface area contributed by atoms with Gasteiger partial charge in [-0.15, -0.1) is 0 Å². The maximum atomic E-state index is 6.55. The second kappa shape index (κ2) is 10.7. The minimum atomic E-state index is -0.187. The average molecular weight is 484 g/mol. The molecule has 0 fully saturated rings. The molecule has 0 aromatic heterocycles. The largest absolute Gasteiger partial charge is 0.496 e. The molecule has 0 bridgehead atoms. The van der Waals surface area contributed by atoms with Crippen LogP contribution in [0, 0.1) is 0 Å². The fourth-order valence-electron chi connectivity index (χ4n) is 6.01. The number of fused-ring (bicyclic) bond motifs is 2. The summed E-state index contributed by atoms with van der Waals surface area (Å²) in [4.78, 5) is 2.56. The first-order chi connectivity index (χ1) is 17.5. The van der Waals surface area contributed by atoms with E-state index in [-0.39, 0.29) is 5.60 Å². The van der Waals surface area contributed by atoms with Crippen molar-refractivity contribution in [2.75, 3.05) is 20.2 Å². The third kappa shape index (κ3) is 5.47. The summed E-state index contributed by atoms with van der Waals surface area (Å²) >= 11 is 0. The van der Waals surface area contributed by atoms with Crippen molar-refractivity contribution in [3.63, 3.8) is 0 Å². The van der Waals surface area contributed by atoms with Crippen LogP contribution in [0.1, 0.15) is 75.5 Å². The van der Waals surface area contributed by atoms with Gasteiger partial charge < -0.3 is 9.47 Å². The van der Waals surface area contributed by atoms with Crippen LogP contribution in [0.15, 0.2) is 66.2 Å². The molecule has 0 saturated carbocycles. The topological polar surface area (TPSA) is 21.7 Å². The van der Waals surface area contributed by atoms with Crippen molar-refractivity contribution in [2.24, 2.45) is 0 Å². The van der Waals surface area contributed by atoms with Gasteiger partial charge in [-0.2, -0.15) is 0 Å². The lowest BCUT2D eigenvalue weighted by Gasteiger charge is -2.41. The quantitative estimate of drug-likeness (QED) is 0.239. The molecule has 0 aliphatic carbocycles. The van der Waals surface area contributed by atoms with E-state index in [1.54, 1.807) is 5.57 Å². The van der Waals surface area contributed by atoms with Crippen molar-refractivity contribution in [1.82, 2.24) is 4.90 Å². The molecule has 3 nitrogen and oxygen atoms in total. The van der Waals surface area contributed by atoms with Crippen LogP contribution in [0.3, 0.4) is 0 Å². The Hall–Kier alpha value is -2.78. The van der Waals surface area contributed by atoms with Gasteiger partial charge >= 0.3 is 0 Å². The first-order valence-electron chi connectivity index (χ1n) is 13.7. The monoisotopic (exact) mass is 483 g/mol. The molecule has 0 saturated heterocycles. The number of methoxy groups -OCH3 is 1. The molecule has 1 atom stereocenters. The number of hydrogen-bond donors (Lipinski definition) is 0. The van der Waals surface area contributed by atoms with E-state index in [1.165, 1.54) is 46.7 Å². The molecule has 1 unspecified atom stereocenters. The fraction of sp³-hybridized carbons (Fsp3) is 0.455. The summed E-state index contributed by atoms with van der Waals surface area (Å²) in [5.41, 5.74) is 5.33.